The molecule has 6 nitrogen and oxygen atoms in total. The lowest BCUT2D eigenvalue weighted by molar-refractivity contribution is 0.174. The van der Waals surface area contributed by atoms with Crippen molar-refractivity contribution >= 4 is 23.0 Å². The molecule has 176 valence electrons. The second-order valence-electron chi connectivity index (χ2n) is 8.65. The van der Waals surface area contributed by atoms with Crippen molar-refractivity contribution in [3.63, 3.8) is 0 Å². The van der Waals surface area contributed by atoms with Gasteiger partial charge in [-0.15, -0.1) is 0 Å². The molecule has 2 aromatic carbocycles. The summed E-state index contributed by atoms with van der Waals surface area (Å²) in [6.45, 7) is 4.36. The van der Waals surface area contributed by atoms with Gasteiger partial charge in [0.25, 0.3) is 0 Å². The molecule has 0 saturated carbocycles. The minimum absolute atomic E-state index is 0.224. The zero-order chi connectivity index (χ0) is 24.1. The second kappa shape index (κ2) is 8.39. The zero-order valence-electron chi connectivity index (χ0n) is 19.2. The van der Waals surface area contributed by atoms with Gasteiger partial charge in [0.2, 0.25) is 6.79 Å². The van der Waals surface area contributed by atoms with E-state index < -0.39 is 0 Å². The number of fused-ring (bicyclic) bond motifs is 1. The number of benzene rings is 2. The summed E-state index contributed by atoms with van der Waals surface area (Å²) in [5.41, 5.74) is 5.35. The van der Waals surface area contributed by atoms with Crippen molar-refractivity contribution < 1.29 is 13.9 Å². The van der Waals surface area contributed by atoms with E-state index in [0.717, 1.165) is 39.8 Å². The van der Waals surface area contributed by atoms with Gasteiger partial charge in [0, 0.05) is 29.3 Å². The van der Waals surface area contributed by atoms with Gasteiger partial charge in [-0.1, -0.05) is 18.2 Å². The molecule has 1 fully saturated rings. The van der Waals surface area contributed by atoms with Crippen LogP contribution in [-0.2, 0) is 0 Å². The lowest BCUT2D eigenvalue weighted by Crippen LogP contribution is -2.30. The van der Waals surface area contributed by atoms with Crippen LogP contribution in [0.4, 0.5) is 10.1 Å². The van der Waals surface area contributed by atoms with Crippen molar-refractivity contribution in [1.82, 2.24) is 14.9 Å². The molecule has 2 aromatic heterocycles. The van der Waals surface area contributed by atoms with Crippen LogP contribution >= 0.6 is 12.2 Å². The largest absolute Gasteiger partial charge is 0.454 e. The van der Waals surface area contributed by atoms with Crippen LogP contribution in [0, 0.1) is 19.7 Å². The predicted octanol–water partition coefficient (Wildman–Crippen LogP) is 5.53. The summed E-state index contributed by atoms with van der Waals surface area (Å²) >= 11 is 5.75. The number of nitrogens with zero attached hydrogens (tertiary/aromatic N) is 3. The van der Waals surface area contributed by atoms with E-state index in [-0.39, 0.29) is 24.7 Å². The monoisotopic (exact) mass is 486 g/mol. The van der Waals surface area contributed by atoms with Crippen molar-refractivity contribution in [1.29, 1.82) is 0 Å². The maximum atomic E-state index is 15.0. The van der Waals surface area contributed by atoms with E-state index in [0.29, 0.717) is 10.8 Å². The number of anilines is 1. The number of pyridine rings is 1. The molecule has 0 radical (unpaired) electrons. The Labute approximate surface area is 207 Å². The molecule has 2 aliphatic heterocycles. The smallest absolute Gasteiger partial charge is 0.231 e. The molecule has 8 heteroatoms. The molecule has 0 amide bonds. The van der Waals surface area contributed by atoms with Crippen LogP contribution in [0.15, 0.2) is 72.9 Å². The van der Waals surface area contributed by atoms with Gasteiger partial charge < -0.3 is 24.3 Å². The lowest BCUT2D eigenvalue weighted by atomic mass is 9.96. The standard InChI is InChI=1S/C27H23FN4O2S/c1-16-13-19(17(2)31(16)18-10-11-23-24(14-18)34-15-33-23)26-25(21-8-5-6-12-29-21)30-27(35)32(26)22-9-4-3-7-20(22)28/h3-14,25-26H,15H2,1-2H3,(H,30,35)/t25-,26+/m1/s1. The van der Waals surface area contributed by atoms with E-state index in [9.17, 15) is 0 Å². The minimum Gasteiger partial charge on any atom is -0.454 e. The lowest BCUT2D eigenvalue weighted by Gasteiger charge is -2.28. The maximum absolute atomic E-state index is 15.0. The van der Waals surface area contributed by atoms with E-state index in [1.54, 1.807) is 18.3 Å². The van der Waals surface area contributed by atoms with Crippen LogP contribution in [0.3, 0.4) is 0 Å². The van der Waals surface area contributed by atoms with Crippen molar-refractivity contribution in [3.8, 4) is 17.2 Å². The minimum atomic E-state index is -0.326. The molecule has 0 bridgehead atoms. The van der Waals surface area contributed by atoms with Crippen molar-refractivity contribution in [2.75, 3.05) is 11.7 Å². The highest BCUT2D eigenvalue weighted by atomic mass is 32.1. The Hall–Kier alpha value is -3.91. The maximum Gasteiger partial charge on any atom is 0.231 e. The van der Waals surface area contributed by atoms with E-state index >= 15 is 4.39 Å². The highest BCUT2D eigenvalue weighted by molar-refractivity contribution is 7.80. The number of thiocarbonyl (C=S) groups is 1. The van der Waals surface area contributed by atoms with Gasteiger partial charge >= 0.3 is 0 Å². The number of aromatic nitrogens is 2. The fraction of sp³-hybridized carbons (Fsp3) is 0.185. The van der Waals surface area contributed by atoms with Crippen LogP contribution < -0.4 is 19.7 Å². The number of hydrogen-bond donors (Lipinski definition) is 1. The summed E-state index contributed by atoms with van der Waals surface area (Å²) in [4.78, 5) is 6.47. The van der Waals surface area contributed by atoms with Crippen LogP contribution in [-0.4, -0.2) is 21.5 Å². The van der Waals surface area contributed by atoms with Crippen LogP contribution in [0.2, 0.25) is 0 Å². The number of ether oxygens (including phenoxy) is 2. The van der Waals surface area contributed by atoms with Crippen molar-refractivity contribution in [3.05, 3.63) is 101 Å². The summed E-state index contributed by atoms with van der Waals surface area (Å²) < 4.78 is 28.3. The third-order valence-corrected chi connectivity index (χ3v) is 6.93. The summed E-state index contributed by atoms with van der Waals surface area (Å²) in [7, 11) is 0. The average molecular weight is 487 g/mol. The Bertz CT molecular complexity index is 1440. The summed E-state index contributed by atoms with van der Waals surface area (Å²) in [5, 5.41) is 3.87. The SMILES string of the molecule is Cc1cc([C@H]2[C@@H](c3ccccn3)NC(=S)N2c2ccccc2F)c(C)n1-c1ccc2c(c1)OCO2. The number of aryl methyl sites for hydroxylation is 1. The zero-order valence-corrected chi connectivity index (χ0v) is 20.1. The Balaban J connectivity index is 1.51. The molecule has 0 spiro atoms. The van der Waals surface area contributed by atoms with Gasteiger partial charge in [-0.2, -0.15) is 0 Å². The number of halogens is 1. The number of para-hydroxylation sites is 1. The molecule has 2 aliphatic rings. The number of hydrogen-bond acceptors (Lipinski definition) is 4. The molecule has 4 aromatic rings. The van der Waals surface area contributed by atoms with Gasteiger partial charge in [-0.3, -0.25) is 4.98 Å². The van der Waals surface area contributed by atoms with Crippen LogP contribution in [0.5, 0.6) is 11.5 Å². The first kappa shape index (κ1) is 21.6. The third-order valence-electron chi connectivity index (χ3n) is 6.61. The first-order valence-corrected chi connectivity index (χ1v) is 11.8. The molecular weight excluding hydrogens is 463 g/mol. The fourth-order valence-electron chi connectivity index (χ4n) is 5.09. The van der Waals surface area contributed by atoms with E-state index in [2.05, 4.69) is 34.8 Å². The summed E-state index contributed by atoms with van der Waals surface area (Å²) in [6, 6.07) is 20.0. The topological polar surface area (TPSA) is 51.6 Å². The van der Waals surface area contributed by atoms with E-state index in [4.69, 9.17) is 21.7 Å². The van der Waals surface area contributed by atoms with E-state index in [1.807, 2.05) is 47.4 Å². The molecule has 35 heavy (non-hydrogen) atoms. The Morgan fingerprint density at radius 2 is 1.80 bits per heavy atom. The normalized spacial score (nSPS) is 18.7. The molecule has 6 rings (SSSR count). The van der Waals surface area contributed by atoms with Gasteiger partial charge in [0.1, 0.15) is 5.82 Å². The Morgan fingerprint density at radius 1 is 1.00 bits per heavy atom. The predicted molar refractivity (Wildman–Crippen MR) is 136 cm³/mol. The number of rotatable bonds is 4. The molecule has 0 aliphatic carbocycles. The molecule has 0 unspecified atom stereocenters. The third kappa shape index (κ3) is 3.52. The molecular formula is C27H23FN4O2S. The van der Waals surface area contributed by atoms with Gasteiger partial charge in [0.05, 0.1) is 23.5 Å². The number of nitrogens with one attached hydrogen (secondary N) is 1. The Kier molecular flexibility index (Phi) is 5.18. The van der Waals surface area contributed by atoms with Crippen LogP contribution in [0.25, 0.3) is 5.69 Å². The molecule has 4 heterocycles. The molecule has 1 N–H and O–H groups in total. The average Bonchev–Trinajstić information content (AvgIpc) is 3.55. The highest BCUT2D eigenvalue weighted by Crippen LogP contribution is 2.44. The fourth-order valence-corrected chi connectivity index (χ4v) is 5.43. The van der Waals surface area contributed by atoms with E-state index in [1.165, 1.54) is 6.07 Å². The summed E-state index contributed by atoms with van der Waals surface area (Å²) in [6.07, 6.45) is 1.76. The first-order chi connectivity index (χ1) is 17.0. The second-order valence-corrected chi connectivity index (χ2v) is 9.03. The van der Waals surface area contributed by atoms with Crippen molar-refractivity contribution in [2.24, 2.45) is 0 Å². The highest BCUT2D eigenvalue weighted by Gasteiger charge is 2.43. The van der Waals surface area contributed by atoms with Crippen LogP contribution in [0.1, 0.15) is 34.7 Å². The quantitative estimate of drug-likeness (QED) is 0.383. The Morgan fingerprint density at radius 3 is 2.60 bits per heavy atom. The van der Waals surface area contributed by atoms with Gasteiger partial charge in [-0.25, -0.2) is 4.39 Å². The van der Waals surface area contributed by atoms with Gasteiger partial charge in [-0.05, 0) is 74.1 Å². The molecule has 1 saturated heterocycles. The van der Waals surface area contributed by atoms with Gasteiger partial charge in [0.15, 0.2) is 16.6 Å². The summed E-state index contributed by atoms with van der Waals surface area (Å²) in [5.74, 6) is 1.13. The molecule has 2 atom stereocenters. The van der Waals surface area contributed by atoms with Crippen molar-refractivity contribution in [2.45, 2.75) is 25.9 Å². The first-order valence-electron chi connectivity index (χ1n) is 11.4.